The summed E-state index contributed by atoms with van der Waals surface area (Å²) in [6.07, 6.45) is 8.05. The summed E-state index contributed by atoms with van der Waals surface area (Å²) in [4.78, 5) is 70.5. The van der Waals surface area contributed by atoms with E-state index in [2.05, 4.69) is 144 Å². The molecule has 1 fully saturated rings. The van der Waals surface area contributed by atoms with Crippen molar-refractivity contribution in [3.05, 3.63) is 252 Å². The van der Waals surface area contributed by atoms with E-state index in [1.54, 1.807) is 31.6 Å². The van der Waals surface area contributed by atoms with E-state index in [1.807, 2.05) is 130 Å². The topological polar surface area (TPSA) is 165 Å². The Bertz CT molecular complexity index is 3840. The van der Waals surface area contributed by atoms with Gasteiger partial charge in [0.1, 0.15) is 41.0 Å². The number of hydrogen-bond donors (Lipinski definition) is 2. The molecule has 1 heterocycles. The van der Waals surface area contributed by atoms with Gasteiger partial charge >= 0.3 is 0 Å². The third-order valence-corrected chi connectivity index (χ3v) is 20.5. The summed E-state index contributed by atoms with van der Waals surface area (Å²) in [6.45, 7) is 23.9. The molecule has 480 valence electrons. The van der Waals surface area contributed by atoms with Gasteiger partial charge in [-0.1, -0.05) is 102 Å². The van der Waals surface area contributed by atoms with Gasteiger partial charge in [0.25, 0.3) is 0 Å². The normalized spacial score (nSPS) is 16.2. The largest absolute Gasteiger partial charge is 0.500 e. The maximum Gasteiger partial charge on any atom is 0.171 e. The number of methoxy groups -OCH3 is 1. The number of allylic oxidation sites excluding steroid dienone is 5. The van der Waals surface area contributed by atoms with Gasteiger partial charge < -0.3 is 19.4 Å². The number of ether oxygens (including phenoxy) is 1. The van der Waals surface area contributed by atoms with E-state index in [0.29, 0.717) is 25.0 Å². The van der Waals surface area contributed by atoms with E-state index >= 15 is 0 Å². The predicted molar refractivity (Wildman–Crippen MR) is 392 cm³/mol. The molecule has 18 heteroatoms. The Morgan fingerprint density at radius 3 is 1.23 bits per heavy atom. The van der Waals surface area contributed by atoms with Crippen molar-refractivity contribution in [1.82, 2.24) is 0 Å². The molecule has 7 aromatic rings. The van der Waals surface area contributed by atoms with Crippen molar-refractivity contribution in [1.29, 1.82) is 0 Å². The molecular formula is C74H73Br6IO10Zn. The first kappa shape index (κ1) is 78.5. The SMILES string of the molecule is COC1=C(c2c(C)cc(Br)cc2C)C(=O)CC1.Cc1cc(Br)cc(C)c1C(O)c1ccco1.Cc1cc(Br)cc(C)c1C1C(=O)C=CC1=O.Cc1cc(Br)cc(C)c1C1C(=O)C=CC1O.Cc1cc(Br)cc(C)c1C1C(=O)CCC1=O.Cc1cc(Br)cc(C)c1I.[Zn]. The summed E-state index contributed by atoms with van der Waals surface area (Å²) in [6, 6.07) is 27.6. The van der Waals surface area contributed by atoms with Gasteiger partial charge in [0.15, 0.2) is 23.1 Å². The Kier molecular flexibility index (Phi) is 30.0. The van der Waals surface area contributed by atoms with Gasteiger partial charge in [0, 0.05) is 75.6 Å². The smallest absolute Gasteiger partial charge is 0.171 e. The molecule has 0 amide bonds. The fourth-order valence-corrected chi connectivity index (χ4v) is 16.6. The number of aliphatic hydroxyl groups excluding tert-OH is 2. The third kappa shape index (κ3) is 19.7. The van der Waals surface area contributed by atoms with Crippen LogP contribution in [0.2, 0.25) is 0 Å². The first-order chi connectivity index (χ1) is 42.8. The van der Waals surface area contributed by atoms with Crippen molar-refractivity contribution in [3.8, 4) is 0 Å². The number of furan rings is 1. The Labute approximate surface area is 617 Å². The zero-order valence-electron chi connectivity index (χ0n) is 53.7. The van der Waals surface area contributed by atoms with Crippen molar-refractivity contribution in [3.63, 3.8) is 0 Å². The monoisotopic (exact) mass is 1790 g/mol. The van der Waals surface area contributed by atoms with Crippen LogP contribution in [0.4, 0.5) is 0 Å². The Morgan fingerprint density at radius 2 is 0.859 bits per heavy atom. The van der Waals surface area contributed by atoms with Gasteiger partial charge in [-0.05, 0) is 303 Å². The molecule has 4 aliphatic rings. The molecule has 3 unspecified atom stereocenters. The Balaban J connectivity index is 0.000000201. The van der Waals surface area contributed by atoms with Crippen molar-refractivity contribution >= 4 is 158 Å². The summed E-state index contributed by atoms with van der Waals surface area (Å²) in [7, 11) is 1.64. The molecule has 4 aliphatic carbocycles. The molecule has 1 aromatic heterocycles. The number of Topliss-reactive ketones (excluding diaryl/α,β-unsaturated/α-hetero) is 3. The van der Waals surface area contributed by atoms with Crippen LogP contribution in [-0.4, -0.2) is 58.1 Å². The van der Waals surface area contributed by atoms with Crippen molar-refractivity contribution < 1.29 is 67.6 Å². The van der Waals surface area contributed by atoms with Crippen LogP contribution in [0.25, 0.3) is 5.57 Å². The third-order valence-electron chi connectivity index (χ3n) is 16.1. The van der Waals surface area contributed by atoms with E-state index in [9.17, 15) is 39.0 Å². The van der Waals surface area contributed by atoms with E-state index in [4.69, 9.17) is 9.15 Å². The number of rotatable bonds is 7. The van der Waals surface area contributed by atoms with Crippen LogP contribution in [0, 0.1) is 86.7 Å². The van der Waals surface area contributed by atoms with Crippen LogP contribution in [0.15, 0.2) is 153 Å². The van der Waals surface area contributed by atoms with E-state index < -0.39 is 30.0 Å². The summed E-state index contributed by atoms with van der Waals surface area (Å²) < 4.78 is 18.1. The second kappa shape index (κ2) is 35.2. The number of hydrogen-bond acceptors (Lipinski definition) is 10. The number of carbonyl (C=O) groups is 6. The van der Waals surface area contributed by atoms with Crippen LogP contribution in [0.5, 0.6) is 0 Å². The minimum atomic E-state index is -0.692. The fourth-order valence-electron chi connectivity index (χ4n) is 12.1. The minimum absolute atomic E-state index is 0. The summed E-state index contributed by atoms with van der Waals surface area (Å²) in [5.74, 6) is -0.0585. The molecular weight excluding hydrogens is 1720 g/mol. The number of aliphatic hydroxyl groups is 2. The van der Waals surface area contributed by atoms with E-state index in [0.717, 1.165) is 124 Å². The van der Waals surface area contributed by atoms with Crippen molar-refractivity contribution in [2.45, 2.75) is 139 Å². The maximum atomic E-state index is 12.0. The van der Waals surface area contributed by atoms with Crippen LogP contribution < -0.4 is 0 Å². The van der Waals surface area contributed by atoms with Gasteiger partial charge in [0.2, 0.25) is 0 Å². The molecule has 0 saturated heterocycles. The summed E-state index contributed by atoms with van der Waals surface area (Å²) in [5.41, 5.74) is 18.5. The van der Waals surface area contributed by atoms with E-state index in [1.165, 1.54) is 37.4 Å². The van der Waals surface area contributed by atoms with Gasteiger partial charge in [-0.2, -0.15) is 0 Å². The van der Waals surface area contributed by atoms with Crippen LogP contribution >= 0.6 is 118 Å². The molecule has 11 rings (SSSR count). The number of halogens is 7. The molecule has 0 spiro atoms. The number of benzene rings is 6. The fraction of sp³-hybridized carbons (Fsp3) is 0.297. The number of ketones is 6. The average molecular weight is 1790 g/mol. The molecule has 6 aromatic carbocycles. The van der Waals surface area contributed by atoms with Crippen molar-refractivity contribution in [2.24, 2.45) is 0 Å². The molecule has 2 N–H and O–H groups in total. The molecule has 1 saturated carbocycles. The summed E-state index contributed by atoms with van der Waals surface area (Å²) >= 11 is 23.0. The van der Waals surface area contributed by atoms with Gasteiger partial charge in [-0.3, -0.25) is 28.8 Å². The van der Waals surface area contributed by atoms with E-state index in [-0.39, 0.29) is 54.2 Å². The van der Waals surface area contributed by atoms with Crippen LogP contribution in [0.3, 0.4) is 0 Å². The van der Waals surface area contributed by atoms with Crippen molar-refractivity contribution in [2.75, 3.05) is 7.11 Å². The first-order valence-corrected chi connectivity index (χ1v) is 35.1. The predicted octanol–water partition coefficient (Wildman–Crippen LogP) is 19.8. The molecule has 0 bridgehead atoms. The molecule has 0 aliphatic heterocycles. The molecule has 0 radical (unpaired) electrons. The van der Waals surface area contributed by atoms with Gasteiger partial charge in [-0.25, -0.2) is 0 Å². The molecule has 10 nitrogen and oxygen atoms in total. The van der Waals surface area contributed by atoms with Gasteiger partial charge in [-0.15, -0.1) is 0 Å². The second-order valence-corrected chi connectivity index (χ2v) is 29.7. The number of aryl methyl sites for hydroxylation is 12. The minimum Gasteiger partial charge on any atom is -0.500 e. The quantitative estimate of drug-likeness (QED) is 0.0891. The second-order valence-electron chi connectivity index (χ2n) is 23.1. The van der Waals surface area contributed by atoms with Gasteiger partial charge in [0.05, 0.1) is 31.0 Å². The average Bonchev–Trinajstić information content (AvgIpc) is 1.59. The zero-order chi connectivity index (χ0) is 67.6. The standard InChI is InChI=1S/C14H15BrO2.2C13H13BrO2.C13H11BrO2.C13H13BrO2.C8H8BrI.Zn/c1-8-6-10(15)7-9(2)13(8)14-11(16)4-5-12(14)17-3;3*1-7-5-9(14)6-8(2)12(7)13-10(15)3-4-11(13)16;1-8-6-10(14)7-9(2)12(8)13(15)11-4-3-5-16-11;1-5-3-7(9)4-6(2)8(5)10;/h6-7H,4-5H2,1-3H3;5-6,13H,3-4H2,1-2H3;3-6,10,13,15H,1-2H3;3-6,13H,1-2H3;3-7,13,15H,1-2H3;3-4H,1-2H3;. The summed E-state index contributed by atoms with van der Waals surface area (Å²) in [5, 5.41) is 20.0. The number of carbonyl (C=O) groups excluding carboxylic acids is 6. The zero-order valence-corrected chi connectivity index (χ0v) is 68.3. The molecule has 3 atom stereocenters. The first-order valence-electron chi connectivity index (χ1n) is 29.3. The Hall–Kier alpha value is -4.21. The Morgan fingerprint density at radius 1 is 0.489 bits per heavy atom. The van der Waals surface area contributed by atoms with Crippen LogP contribution in [0.1, 0.15) is 150 Å². The maximum absolute atomic E-state index is 12.0. The molecule has 92 heavy (non-hydrogen) atoms. The van der Waals surface area contributed by atoms with Crippen LogP contribution in [-0.2, 0) is 53.0 Å².